The van der Waals surface area contributed by atoms with E-state index in [1.165, 1.54) is 0 Å². The number of H-pyrrole nitrogens is 1. The van der Waals surface area contributed by atoms with Crippen LogP contribution in [0.25, 0.3) is 11.5 Å². The first-order valence-corrected chi connectivity index (χ1v) is 8.46. The molecule has 1 saturated heterocycles. The average Bonchev–Trinajstić information content (AvgIpc) is 3.18. The molecule has 0 spiro atoms. The maximum absolute atomic E-state index is 12.6. The lowest BCUT2D eigenvalue weighted by Gasteiger charge is -2.31. The number of amides is 1. The molecular weight excluding hydrogens is 332 g/mol. The number of piperidine rings is 1. The Kier molecular flexibility index (Phi) is 4.50. The Labute approximate surface area is 149 Å². The van der Waals surface area contributed by atoms with Crippen LogP contribution in [-0.4, -0.2) is 49.1 Å². The molecule has 0 unspecified atom stereocenters. The van der Waals surface area contributed by atoms with Gasteiger partial charge < -0.3 is 4.90 Å². The van der Waals surface area contributed by atoms with Crippen LogP contribution in [0.15, 0.2) is 42.9 Å². The number of carbonyl (C=O) groups is 1. The molecule has 0 bridgehead atoms. The van der Waals surface area contributed by atoms with Crippen LogP contribution in [0.5, 0.6) is 0 Å². The summed E-state index contributed by atoms with van der Waals surface area (Å²) >= 11 is 0. The molecular formula is C17H18N8O. The number of pyridine rings is 1. The molecule has 1 atom stereocenters. The molecule has 0 aromatic carbocycles. The number of carbonyl (C=O) groups excluding carboxylic acids is 1. The van der Waals surface area contributed by atoms with Gasteiger partial charge in [0.2, 0.25) is 17.8 Å². The molecule has 2 N–H and O–H groups in total. The fraction of sp³-hybridized carbons (Fsp3) is 0.294. The number of rotatable bonds is 4. The lowest BCUT2D eigenvalue weighted by atomic mass is 9.97. The van der Waals surface area contributed by atoms with E-state index in [0.29, 0.717) is 24.0 Å². The second kappa shape index (κ2) is 7.26. The Hall–Kier alpha value is -3.36. The normalized spacial score (nSPS) is 17.1. The van der Waals surface area contributed by atoms with E-state index in [0.717, 1.165) is 19.4 Å². The van der Waals surface area contributed by atoms with E-state index in [1.807, 2.05) is 23.1 Å². The number of nitrogens with one attached hydrogen (secondary N) is 2. The molecule has 0 radical (unpaired) electrons. The zero-order valence-corrected chi connectivity index (χ0v) is 14.0. The Balaban J connectivity index is 1.41. The van der Waals surface area contributed by atoms with E-state index in [9.17, 15) is 4.79 Å². The number of nitrogens with zero attached hydrogens (tertiary/aromatic N) is 6. The Morgan fingerprint density at radius 3 is 2.81 bits per heavy atom. The molecule has 9 nitrogen and oxygen atoms in total. The molecule has 3 aromatic rings. The van der Waals surface area contributed by atoms with Gasteiger partial charge in [0.05, 0.1) is 5.92 Å². The number of hydrogen-bond donors (Lipinski definition) is 2. The average molecular weight is 350 g/mol. The zero-order chi connectivity index (χ0) is 17.8. The maximum atomic E-state index is 12.6. The molecule has 1 aliphatic heterocycles. The van der Waals surface area contributed by atoms with E-state index >= 15 is 0 Å². The van der Waals surface area contributed by atoms with Gasteiger partial charge in [0.25, 0.3) is 0 Å². The number of anilines is 2. The summed E-state index contributed by atoms with van der Waals surface area (Å²) in [6.45, 7) is 1.42. The van der Waals surface area contributed by atoms with Gasteiger partial charge in [0, 0.05) is 31.7 Å². The number of aromatic nitrogens is 6. The van der Waals surface area contributed by atoms with Crippen molar-refractivity contribution in [2.45, 2.75) is 12.8 Å². The standard InChI is InChI=1S/C17H18N8O/c26-15(12-5-3-10-25(11-12)17-19-8-4-9-20-17)22-16-21-14(23-24-16)13-6-1-2-7-18-13/h1-2,4,6-9,12H,3,5,10-11H2,(H2,21,22,23,24,26)/t12-/m1/s1. The van der Waals surface area contributed by atoms with Gasteiger partial charge in [-0.1, -0.05) is 6.07 Å². The highest BCUT2D eigenvalue weighted by Gasteiger charge is 2.27. The first kappa shape index (κ1) is 16.1. The first-order chi connectivity index (χ1) is 12.8. The van der Waals surface area contributed by atoms with E-state index in [-0.39, 0.29) is 17.8 Å². The third-order valence-corrected chi connectivity index (χ3v) is 4.26. The van der Waals surface area contributed by atoms with Gasteiger partial charge in [0.15, 0.2) is 5.82 Å². The van der Waals surface area contributed by atoms with Crippen LogP contribution in [0.2, 0.25) is 0 Å². The molecule has 0 aliphatic carbocycles. The van der Waals surface area contributed by atoms with Crippen LogP contribution in [0, 0.1) is 5.92 Å². The number of hydrogen-bond acceptors (Lipinski definition) is 7. The monoisotopic (exact) mass is 350 g/mol. The molecule has 9 heteroatoms. The molecule has 26 heavy (non-hydrogen) atoms. The topological polar surface area (TPSA) is 113 Å². The van der Waals surface area contributed by atoms with Crippen LogP contribution >= 0.6 is 0 Å². The van der Waals surface area contributed by atoms with Crippen molar-refractivity contribution in [1.82, 2.24) is 30.1 Å². The zero-order valence-electron chi connectivity index (χ0n) is 14.0. The summed E-state index contributed by atoms with van der Waals surface area (Å²) in [6, 6.07) is 7.30. The Bertz CT molecular complexity index is 867. The van der Waals surface area contributed by atoms with E-state index in [4.69, 9.17) is 0 Å². The third kappa shape index (κ3) is 3.51. The lowest BCUT2D eigenvalue weighted by molar-refractivity contribution is -0.120. The van der Waals surface area contributed by atoms with E-state index < -0.39 is 0 Å². The van der Waals surface area contributed by atoms with Crippen molar-refractivity contribution < 1.29 is 4.79 Å². The van der Waals surface area contributed by atoms with Gasteiger partial charge >= 0.3 is 0 Å². The molecule has 132 valence electrons. The summed E-state index contributed by atoms with van der Waals surface area (Å²) in [6.07, 6.45) is 6.81. The van der Waals surface area contributed by atoms with Crippen molar-refractivity contribution in [3.63, 3.8) is 0 Å². The third-order valence-electron chi connectivity index (χ3n) is 4.26. The van der Waals surface area contributed by atoms with Crippen molar-refractivity contribution in [1.29, 1.82) is 0 Å². The quantitative estimate of drug-likeness (QED) is 0.733. The highest BCUT2D eigenvalue weighted by Crippen LogP contribution is 2.21. The summed E-state index contributed by atoms with van der Waals surface area (Å²) in [5.74, 6) is 1.16. The van der Waals surface area contributed by atoms with Crippen molar-refractivity contribution in [3.05, 3.63) is 42.9 Å². The minimum atomic E-state index is -0.163. The lowest BCUT2D eigenvalue weighted by Crippen LogP contribution is -2.41. The molecule has 1 amide bonds. The minimum Gasteiger partial charge on any atom is -0.340 e. The van der Waals surface area contributed by atoms with Gasteiger partial charge in [-0.3, -0.25) is 20.2 Å². The van der Waals surface area contributed by atoms with Gasteiger partial charge in [-0.25, -0.2) is 9.97 Å². The van der Waals surface area contributed by atoms with Crippen molar-refractivity contribution in [2.75, 3.05) is 23.3 Å². The number of aromatic amines is 1. The smallest absolute Gasteiger partial charge is 0.249 e. The highest BCUT2D eigenvalue weighted by molar-refractivity contribution is 5.91. The van der Waals surface area contributed by atoms with E-state index in [2.05, 4.69) is 35.5 Å². The van der Waals surface area contributed by atoms with Crippen LogP contribution in [0.4, 0.5) is 11.9 Å². The van der Waals surface area contributed by atoms with Gasteiger partial charge in [-0.2, -0.15) is 4.98 Å². The van der Waals surface area contributed by atoms with Crippen molar-refractivity contribution >= 4 is 17.8 Å². The first-order valence-electron chi connectivity index (χ1n) is 8.46. The Morgan fingerprint density at radius 1 is 1.15 bits per heavy atom. The predicted molar refractivity (Wildman–Crippen MR) is 95.2 cm³/mol. The second-order valence-corrected chi connectivity index (χ2v) is 6.05. The predicted octanol–water partition coefficient (Wildman–Crippen LogP) is 1.51. The fourth-order valence-electron chi connectivity index (χ4n) is 2.97. The second-order valence-electron chi connectivity index (χ2n) is 6.05. The fourth-order valence-corrected chi connectivity index (χ4v) is 2.97. The Morgan fingerprint density at radius 2 is 2.00 bits per heavy atom. The summed E-state index contributed by atoms with van der Waals surface area (Å²) < 4.78 is 0. The van der Waals surface area contributed by atoms with Crippen LogP contribution in [0.3, 0.4) is 0 Å². The largest absolute Gasteiger partial charge is 0.340 e. The van der Waals surface area contributed by atoms with Gasteiger partial charge in [-0.05, 0) is 31.0 Å². The van der Waals surface area contributed by atoms with Crippen LogP contribution < -0.4 is 10.2 Å². The minimum absolute atomic E-state index is 0.0998. The molecule has 1 aliphatic rings. The van der Waals surface area contributed by atoms with Gasteiger partial charge in [-0.15, -0.1) is 5.10 Å². The van der Waals surface area contributed by atoms with E-state index in [1.54, 1.807) is 24.7 Å². The van der Waals surface area contributed by atoms with Crippen LogP contribution in [-0.2, 0) is 4.79 Å². The molecule has 4 rings (SSSR count). The van der Waals surface area contributed by atoms with Crippen molar-refractivity contribution in [3.8, 4) is 11.5 Å². The van der Waals surface area contributed by atoms with Crippen LogP contribution in [0.1, 0.15) is 12.8 Å². The summed E-state index contributed by atoms with van der Waals surface area (Å²) in [7, 11) is 0. The molecule has 4 heterocycles. The highest BCUT2D eigenvalue weighted by atomic mass is 16.2. The molecule has 1 fully saturated rings. The van der Waals surface area contributed by atoms with Gasteiger partial charge in [0.1, 0.15) is 5.69 Å². The molecule has 3 aromatic heterocycles. The summed E-state index contributed by atoms with van der Waals surface area (Å²) in [5, 5.41) is 9.64. The van der Waals surface area contributed by atoms with Crippen molar-refractivity contribution in [2.24, 2.45) is 5.92 Å². The SMILES string of the molecule is O=C(Nc1n[nH]c(-c2ccccn2)n1)[C@@H]1CCCN(c2ncccn2)C1. The summed E-state index contributed by atoms with van der Waals surface area (Å²) in [5.41, 5.74) is 0.672. The summed E-state index contributed by atoms with van der Waals surface area (Å²) in [4.78, 5) is 31.7. The molecule has 0 saturated carbocycles. The maximum Gasteiger partial charge on any atom is 0.249 e.